The number of methoxy groups -OCH3 is 1. The normalized spacial score (nSPS) is 13.1. The minimum Gasteiger partial charge on any atom is -0.383 e. The van der Waals surface area contributed by atoms with E-state index in [2.05, 4.69) is 40.7 Å². The maximum atomic E-state index is 8.62. The molecule has 0 saturated carbocycles. The van der Waals surface area contributed by atoms with Gasteiger partial charge in [-0.05, 0) is 11.8 Å². The Balaban J connectivity index is 4.11. The van der Waals surface area contributed by atoms with E-state index in [-0.39, 0.29) is 0 Å². The molecule has 0 rings (SSSR count). The van der Waals surface area contributed by atoms with E-state index in [1.165, 1.54) is 0 Å². The molecular formula is C12H23BrN2O. The highest BCUT2D eigenvalue weighted by Gasteiger charge is 2.16. The Morgan fingerprint density at radius 1 is 1.38 bits per heavy atom. The summed E-state index contributed by atoms with van der Waals surface area (Å²) in [5.74, 6) is 1.29. The minimum absolute atomic E-state index is 0.594. The summed E-state index contributed by atoms with van der Waals surface area (Å²) in [5, 5.41) is 9.64. The molecule has 0 aromatic heterocycles. The van der Waals surface area contributed by atoms with Crippen LogP contribution in [0.1, 0.15) is 20.3 Å². The standard InChI is InChI=1S/C12H23BrN2O/c1-11(2)12(9-13)10-15(6-4-5-14)7-8-16-3/h11-12H,4,6-10H2,1-3H3. The minimum atomic E-state index is 0.594. The molecule has 0 saturated heterocycles. The third-order valence-corrected chi connectivity index (χ3v) is 3.62. The smallest absolute Gasteiger partial charge is 0.0635 e. The van der Waals surface area contributed by atoms with Gasteiger partial charge < -0.3 is 4.74 Å². The molecule has 0 spiro atoms. The van der Waals surface area contributed by atoms with Crippen LogP contribution in [-0.4, -0.2) is 43.6 Å². The first-order chi connectivity index (χ1) is 7.65. The quantitative estimate of drug-likeness (QED) is 0.612. The SMILES string of the molecule is COCCN(CCC#N)CC(CBr)C(C)C. The van der Waals surface area contributed by atoms with Crippen LogP contribution in [0.15, 0.2) is 0 Å². The number of rotatable bonds is 9. The lowest BCUT2D eigenvalue weighted by Crippen LogP contribution is -2.35. The van der Waals surface area contributed by atoms with Gasteiger partial charge in [0.2, 0.25) is 0 Å². The van der Waals surface area contributed by atoms with E-state index in [0.717, 1.165) is 31.6 Å². The predicted molar refractivity (Wildman–Crippen MR) is 70.7 cm³/mol. The molecule has 0 aliphatic rings. The molecule has 0 radical (unpaired) electrons. The van der Waals surface area contributed by atoms with Crippen LogP contribution < -0.4 is 0 Å². The fourth-order valence-electron chi connectivity index (χ4n) is 1.49. The average molecular weight is 291 g/mol. The number of hydrogen-bond acceptors (Lipinski definition) is 3. The predicted octanol–water partition coefficient (Wildman–Crippen LogP) is 2.52. The van der Waals surface area contributed by atoms with Crippen molar-refractivity contribution in [3.05, 3.63) is 0 Å². The molecule has 3 nitrogen and oxygen atoms in total. The molecule has 0 aromatic carbocycles. The Kier molecular flexibility index (Phi) is 10.0. The fourth-order valence-corrected chi connectivity index (χ4v) is 2.44. The van der Waals surface area contributed by atoms with Crippen LogP contribution in [0.25, 0.3) is 0 Å². The Bertz CT molecular complexity index is 204. The molecule has 1 unspecified atom stereocenters. The molecule has 0 amide bonds. The van der Waals surface area contributed by atoms with Crippen molar-refractivity contribution in [1.82, 2.24) is 4.90 Å². The lowest BCUT2D eigenvalue weighted by Gasteiger charge is -2.27. The molecule has 0 N–H and O–H groups in total. The Hall–Kier alpha value is -0.110. The molecule has 0 aliphatic carbocycles. The Morgan fingerprint density at radius 2 is 2.06 bits per heavy atom. The molecule has 94 valence electrons. The number of hydrogen-bond donors (Lipinski definition) is 0. The van der Waals surface area contributed by atoms with Crippen LogP contribution in [-0.2, 0) is 4.74 Å². The second-order valence-corrected chi connectivity index (χ2v) is 5.01. The van der Waals surface area contributed by atoms with Crippen LogP contribution in [0.5, 0.6) is 0 Å². The van der Waals surface area contributed by atoms with Gasteiger partial charge in [-0.1, -0.05) is 29.8 Å². The van der Waals surface area contributed by atoms with Crippen LogP contribution >= 0.6 is 15.9 Å². The van der Waals surface area contributed by atoms with E-state index in [4.69, 9.17) is 10.00 Å². The van der Waals surface area contributed by atoms with E-state index in [9.17, 15) is 0 Å². The summed E-state index contributed by atoms with van der Waals surface area (Å²) in [6.45, 7) is 8.01. The zero-order valence-corrected chi connectivity index (χ0v) is 12.2. The van der Waals surface area contributed by atoms with Gasteiger partial charge in [0, 0.05) is 38.5 Å². The largest absolute Gasteiger partial charge is 0.383 e. The number of nitrogens with zero attached hydrogens (tertiary/aromatic N) is 2. The molecule has 0 heterocycles. The molecule has 0 bridgehead atoms. The maximum Gasteiger partial charge on any atom is 0.0635 e. The summed E-state index contributed by atoms with van der Waals surface area (Å²) >= 11 is 3.56. The van der Waals surface area contributed by atoms with Gasteiger partial charge in [-0.25, -0.2) is 0 Å². The van der Waals surface area contributed by atoms with Crippen molar-refractivity contribution in [1.29, 1.82) is 5.26 Å². The lowest BCUT2D eigenvalue weighted by molar-refractivity contribution is 0.134. The summed E-state index contributed by atoms with van der Waals surface area (Å²) in [6, 6.07) is 2.20. The fraction of sp³-hybridized carbons (Fsp3) is 0.917. The summed E-state index contributed by atoms with van der Waals surface area (Å²) in [6.07, 6.45) is 0.594. The first-order valence-electron chi connectivity index (χ1n) is 5.79. The highest BCUT2D eigenvalue weighted by molar-refractivity contribution is 9.09. The third kappa shape index (κ3) is 7.21. The second-order valence-electron chi connectivity index (χ2n) is 4.36. The van der Waals surface area contributed by atoms with Gasteiger partial charge in [-0.15, -0.1) is 0 Å². The van der Waals surface area contributed by atoms with Gasteiger partial charge >= 0.3 is 0 Å². The zero-order chi connectivity index (χ0) is 12.4. The van der Waals surface area contributed by atoms with E-state index >= 15 is 0 Å². The first kappa shape index (κ1) is 15.9. The van der Waals surface area contributed by atoms with Crippen molar-refractivity contribution >= 4 is 15.9 Å². The van der Waals surface area contributed by atoms with Crippen molar-refractivity contribution in [2.24, 2.45) is 11.8 Å². The summed E-state index contributed by atoms with van der Waals surface area (Å²) in [4.78, 5) is 2.32. The second kappa shape index (κ2) is 10.1. The van der Waals surface area contributed by atoms with Crippen LogP contribution in [0.4, 0.5) is 0 Å². The van der Waals surface area contributed by atoms with E-state index in [1.54, 1.807) is 7.11 Å². The third-order valence-electron chi connectivity index (χ3n) is 2.79. The van der Waals surface area contributed by atoms with E-state index in [1.807, 2.05) is 0 Å². The lowest BCUT2D eigenvalue weighted by atomic mass is 9.97. The van der Waals surface area contributed by atoms with Gasteiger partial charge in [-0.3, -0.25) is 4.90 Å². The molecule has 0 aliphatic heterocycles. The summed E-state index contributed by atoms with van der Waals surface area (Å²) in [7, 11) is 1.72. The molecule has 1 atom stereocenters. The van der Waals surface area contributed by atoms with Gasteiger partial charge in [0.15, 0.2) is 0 Å². The highest BCUT2D eigenvalue weighted by atomic mass is 79.9. The Labute approximate surface area is 108 Å². The maximum absolute atomic E-state index is 8.62. The van der Waals surface area contributed by atoms with Gasteiger partial charge in [-0.2, -0.15) is 5.26 Å². The van der Waals surface area contributed by atoms with Crippen molar-refractivity contribution < 1.29 is 4.74 Å². The molecule has 0 fully saturated rings. The first-order valence-corrected chi connectivity index (χ1v) is 6.92. The average Bonchev–Trinajstić information content (AvgIpc) is 2.27. The van der Waals surface area contributed by atoms with E-state index in [0.29, 0.717) is 18.3 Å². The highest BCUT2D eigenvalue weighted by Crippen LogP contribution is 2.15. The van der Waals surface area contributed by atoms with Crippen LogP contribution in [0.3, 0.4) is 0 Å². The summed E-state index contributed by atoms with van der Waals surface area (Å²) in [5.41, 5.74) is 0. The summed E-state index contributed by atoms with van der Waals surface area (Å²) < 4.78 is 5.09. The van der Waals surface area contributed by atoms with Crippen LogP contribution in [0, 0.1) is 23.2 Å². The van der Waals surface area contributed by atoms with Crippen molar-refractivity contribution in [3.8, 4) is 6.07 Å². The zero-order valence-electron chi connectivity index (χ0n) is 10.6. The molecule has 16 heavy (non-hydrogen) atoms. The molecular weight excluding hydrogens is 268 g/mol. The number of halogens is 1. The van der Waals surface area contributed by atoms with Crippen LogP contribution in [0.2, 0.25) is 0 Å². The van der Waals surface area contributed by atoms with Gasteiger partial charge in [0.25, 0.3) is 0 Å². The van der Waals surface area contributed by atoms with Gasteiger partial charge in [0.05, 0.1) is 12.7 Å². The number of ether oxygens (including phenoxy) is 1. The van der Waals surface area contributed by atoms with Crippen molar-refractivity contribution in [2.75, 3.05) is 38.7 Å². The van der Waals surface area contributed by atoms with E-state index < -0.39 is 0 Å². The Morgan fingerprint density at radius 3 is 2.50 bits per heavy atom. The number of alkyl halides is 1. The monoisotopic (exact) mass is 290 g/mol. The number of nitriles is 1. The molecule has 0 aromatic rings. The topological polar surface area (TPSA) is 36.3 Å². The van der Waals surface area contributed by atoms with Gasteiger partial charge in [0.1, 0.15) is 0 Å². The van der Waals surface area contributed by atoms with Crippen molar-refractivity contribution in [3.63, 3.8) is 0 Å². The van der Waals surface area contributed by atoms with Crippen molar-refractivity contribution in [2.45, 2.75) is 20.3 Å². The molecule has 4 heteroatoms.